The number of unbranched alkanes of at least 4 members (excludes halogenated alkanes) is 18. The molecule has 1 heterocycles. The van der Waals surface area contributed by atoms with Crippen molar-refractivity contribution in [3.8, 4) is 0 Å². The van der Waals surface area contributed by atoms with E-state index >= 15 is 0 Å². The average Bonchev–Trinajstić information content (AvgIpc) is 3.68. The second-order valence-corrected chi connectivity index (χ2v) is 16.8. The summed E-state index contributed by atoms with van der Waals surface area (Å²) in [5.74, 6) is 1.42. The number of ether oxygens (including phenoxy) is 2. The first-order valence-electron chi connectivity index (χ1n) is 23.4. The monoisotopic (exact) mass is 754 g/mol. The summed E-state index contributed by atoms with van der Waals surface area (Å²) in [6.07, 6.45) is 39.7. The summed E-state index contributed by atoms with van der Waals surface area (Å²) >= 11 is 0. The average molecular weight is 754 g/mol. The van der Waals surface area contributed by atoms with Gasteiger partial charge in [-0.25, -0.2) is 0 Å². The Hall–Kier alpha value is -2.02. The molecule has 3 atom stereocenters. The Morgan fingerprint density at radius 1 is 0.611 bits per heavy atom. The first-order valence-corrected chi connectivity index (χ1v) is 23.4. The van der Waals surface area contributed by atoms with E-state index in [0.717, 1.165) is 44.4 Å². The maximum absolute atomic E-state index is 12.4. The van der Waals surface area contributed by atoms with E-state index in [2.05, 4.69) is 49.4 Å². The molecule has 0 aliphatic carbocycles. The Morgan fingerprint density at radius 2 is 1.07 bits per heavy atom. The zero-order valence-electron chi connectivity index (χ0n) is 36.1. The highest BCUT2D eigenvalue weighted by atomic mass is 16.5. The van der Waals surface area contributed by atoms with E-state index in [0.29, 0.717) is 32.0 Å². The minimum Gasteiger partial charge on any atom is -0.466 e. The van der Waals surface area contributed by atoms with Crippen LogP contribution in [0.2, 0.25) is 0 Å². The predicted molar refractivity (Wildman–Crippen MR) is 230 cm³/mol. The van der Waals surface area contributed by atoms with Crippen molar-refractivity contribution < 1.29 is 19.1 Å². The molecule has 0 saturated carbocycles. The Morgan fingerprint density at radius 3 is 1.59 bits per heavy atom. The molecule has 0 spiro atoms. The van der Waals surface area contributed by atoms with Crippen LogP contribution in [0.1, 0.15) is 220 Å². The molecule has 0 bridgehead atoms. The topological polar surface area (TPSA) is 55.8 Å². The van der Waals surface area contributed by atoms with Crippen molar-refractivity contribution in [2.45, 2.75) is 220 Å². The second-order valence-electron chi connectivity index (χ2n) is 16.8. The predicted octanol–water partition coefficient (Wildman–Crippen LogP) is 14.0. The van der Waals surface area contributed by atoms with Gasteiger partial charge in [0.1, 0.15) is 0 Å². The highest BCUT2D eigenvalue weighted by molar-refractivity contribution is 5.70. The number of esters is 2. The van der Waals surface area contributed by atoms with Crippen LogP contribution in [0.15, 0.2) is 29.8 Å². The third-order valence-electron chi connectivity index (χ3n) is 11.5. The molecular formula is C49H87NO4. The number of carbonyl (C=O) groups excluding carboxylic acids is 2. The van der Waals surface area contributed by atoms with Gasteiger partial charge < -0.3 is 14.4 Å². The van der Waals surface area contributed by atoms with E-state index in [9.17, 15) is 9.59 Å². The van der Waals surface area contributed by atoms with Crippen LogP contribution in [0.25, 0.3) is 0 Å². The van der Waals surface area contributed by atoms with Crippen molar-refractivity contribution in [3.63, 3.8) is 0 Å². The van der Waals surface area contributed by atoms with Crippen molar-refractivity contribution in [1.29, 1.82) is 0 Å². The lowest BCUT2D eigenvalue weighted by atomic mass is 9.91. The minimum absolute atomic E-state index is 0.000529. The molecule has 0 aromatic carbocycles. The summed E-state index contributed by atoms with van der Waals surface area (Å²) in [5, 5.41) is 0. The van der Waals surface area contributed by atoms with E-state index in [4.69, 9.17) is 9.47 Å². The molecule has 312 valence electrons. The third-order valence-corrected chi connectivity index (χ3v) is 11.5. The molecule has 0 amide bonds. The fourth-order valence-electron chi connectivity index (χ4n) is 7.94. The molecule has 1 aliphatic heterocycles. The lowest BCUT2D eigenvalue weighted by Gasteiger charge is -2.21. The normalized spacial score (nSPS) is 14.5. The van der Waals surface area contributed by atoms with Crippen LogP contribution in [0.4, 0.5) is 0 Å². The van der Waals surface area contributed by atoms with Crippen molar-refractivity contribution in [2.75, 3.05) is 32.8 Å². The maximum Gasteiger partial charge on any atom is 0.306 e. The summed E-state index contributed by atoms with van der Waals surface area (Å²) in [6, 6.07) is 0. The first kappa shape index (κ1) is 50.0. The molecule has 0 aromatic rings. The van der Waals surface area contributed by atoms with Gasteiger partial charge in [-0.05, 0) is 94.3 Å². The molecule has 3 unspecified atom stereocenters. The largest absolute Gasteiger partial charge is 0.466 e. The molecule has 1 rings (SSSR count). The van der Waals surface area contributed by atoms with Gasteiger partial charge in [-0.15, -0.1) is 0 Å². The van der Waals surface area contributed by atoms with Crippen LogP contribution in [-0.2, 0) is 19.1 Å². The molecule has 5 heteroatoms. The number of nitrogens with zero attached hydrogens (tertiary/aromatic N) is 1. The Kier molecular flexibility index (Phi) is 35.1. The molecular weight excluding hydrogens is 667 g/mol. The molecule has 0 aromatic heterocycles. The van der Waals surface area contributed by atoms with Gasteiger partial charge in [0.15, 0.2) is 0 Å². The standard InChI is InChI=1S/C49H87NO4/c1-5-8-23-32-45(4)43-48(51)53-41-30-21-17-13-11-15-19-26-33-46(37-40-50-38-28-29-39-50)34-27-20-16-12-14-18-22-31-42-54-49(52)44-47(35-24-9-6-2)36-25-10-7-3/h35,45-47H,2,5,7-8,10-23,25-34,36-44H2,1,3-4H3. The van der Waals surface area contributed by atoms with Gasteiger partial charge in [0, 0.05) is 6.42 Å². The van der Waals surface area contributed by atoms with Gasteiger partial charge in [-0.2, -0.15) is 0 Å². The lowest BCUT2D eigenvalue weighted by molar-refractivity contribution is -0.145. The number of hydrogen-bond acceptors (Lipinski definition) is 5. The number of carbonyl (C=O) groups is 2. The van der Waals surface area contributed by atoms with Gasteiger partial charge in [0.2, 0.25) is 0 Å². The lowest BCUT2D eigenvalue weighted by Crippen LogP contribution is -2.22. The smallest absolute Gasteiger partial charge is 0.306 e. The molecule has 0 N–H and O–H groups in total. The van der Waals surface area contributed by atoms with Crippen molar-refractivity contribution in [2.24, 2.45) is 17.8 Å². The minimum atomic E-state index is -0.0897. The van der Waals surface area contributed by atoms with Gasteiger partial charge >= 0.3 is 11.9 Å². The Balaban J connectivity index is 2.09. The van der Waals surface area contributed by atoms with Crippen LogP contribution in [-0.4, -0.2) is 49.7 Å². The van der Waals surface area contributed by atoms with Gasteiger partial charge in [-0.1, -0.05) is 180 Å². The van der Waals surface area contributed by atoms with Crippen LogP contribution in [0.3, 0.4) is 0 Å². The van der Waals surface area contributed by atoms with E-state index in [1.54, 1.807) is 0 Å². The molecule has 5 nitrogen and oxygen atoms in total. The van der Waals surface area contributed by atoms with Crippen molar-refractivity contribution >= 4 is 11.9 Å². The Bertz CT molecular complexity index is 999. The van der Waals surface area contributed by atoms with E-state index < -0.39 is 0 Å². The molecule has 1 saturated heterocycles. The SMILES string of the molecule is C=C=C=C=CC(CCCCC)CC(=O)OCCCCCCCCCCC(CCCCCCCCCCOC(=O)CC(C)CCCCC)CCN1CCCC1. The summed E-state index contributed by atoms with van der Waals surface area (Å²) in [7, 11) is 0. The number of allylic oxidation sites excluding steroid dienone is 1. The second kappa shape index (κ2) is 37.9. The fraction of sp³-hybridized carbons (Fsp3) is 0.857. The van der Waals surface area contributed by atoms with Gasteiger partial charge in [0.05, 0.1) is 19.6 Å². The highest BCUT2D eigenvalue weighted by Crippen LogP contribution is 2.24. The molecule has 54 heavy (non-hydrogen) atoms. The van der Waals surface area contributed by atoms with Gasteiger partial charge in [0.25, 0.3) is 0 Å². The fourth-order valence-corrected chi connectivity index (χ4v) is 7.94. The molecule has 0 radical (unpaired) electrons. The highest BCUT2D eigenvalue weighted by Gasteiger charge is 2.16. The summed E-state index contributed by atoms with van der Waals surface area (Å²) in [4.78, 5) is 27.2. The zero-order valence-corrected chi connectivity index (χ0v) is 36.1. The van der Waals surface area contributed by atoms with Crippen LogP contribution in [0, 0.1) is 17.8 Å². The summed E-state index contributed by atoms with van der Waals surface area (Å²) < 4.78 is 11.1. The van der Waals surface area contributed by atoms with Crippen molar-refractivity contribution in [1.82, 2.24) is 4.90 Å². The Labute approximate surface area is 335 Å². The first-order chi connectivity index (χ1) is 26.5. The quantitative estimate of drug-likeness (QED) is 0.0357. The maximum atomic E-state index is 12.4. The van der Waals surface area contributed by atoms with Crippen LogP contribution >= 0.6 is 0 Å². The van der Waals surface area contributed by atoms with E-state index in [1.165, 1.54) is 167 Å². The summed E-state index contributed by atoms with van der Waals surface area (Å²) in [6.45, 7) is 15.2. The molecule has 1 fully saturated rings. The third kappa shape index (κ3) is 32.2. The molecule has 1 aliphatic rings. The summed E-state index contributed by atoms with van der Waals surface area (Å²) in [5.41, 5.74) is 8.30. The number of rotatable bonds is 38. The van der Waals surface area contributed by atoms with Crippen molar-refractivity contribution in [3.05, 3.63) is 29.8 Å². The number of hydrogen-bond donors (Lipinski definition) is 0. The van der Waals surface area contributed by atoms with Crippen LogP contribution < -0.4 is 0 Å². The number of likely N-dealkylation sites (tertiary alicyclic amines) is 1. The van der Waals surface area contributed by atoms with E-state index in [-0.39, 0.29) is 17.9 Å². The van der Waals surface area contributed by atoms with Gasteiger partial charge in [-0.3, -0.25) is 9.59 Å². The van der Waals surface area contributed by atoms with Crippen LogP contribution in [0.5, 0.6) is 0 Å². The zero-order chi connectivity index (χ0) is 39.2. The van der Waals surface area contributed by atoms with E-state index in [1.807, 2.05) is 6.08 Å².